The van der Waals surface area contributed by atoms with Crippen LogP contribution in [0.15, 0.2) is 42.7 Å². The summed E-state index contributed by atoms with van der Waals surface area (Å²) < 4.78 is 1.70. The van der Waals surface area contributed by atoms with Crippen LogP contribution in [-0.4, -0.2) is 33.3 Å². The highest BCUT2D eigenvalue weighted by Gasteiger charge is 2.12. The molecule has 2 aromatic carbocycles. The van der Waals surface area contributed by atoms with Crippen molar-refractivity contribution >= 4 is 34.5 Å². The number of halogens is 1. The molecule has 7 heteroatoms. The van der Waals surface area contributed by atoms with Crippen molar-refractivity contribution in [3.05, 3.63) is 64.4 Å². The first-order valence-corrected chi connectivity index (χ1v) is 9.18. The summed E-state index contributed by atoms with van der Waals surface area (Å²) in [6, 6.07) is 9.73. The molecule has 0 aliphatic carbocycles. The van der Waals surface area contributed by atoms with Gasteiger partial charge in [0.05, 0.1) is 16.7 Å². The smallest absolute Gasteiger partial charge is 0.151 e. The lowest BCUT2D eigenvalue weighted by molar-refractivity contribution is 0.112. The van der Waals surface area contributed by atoms with E-state index in [-0.39, 0.29) is 0 Å². The predicted molar refractivity (Wildman–Crippen MR) is 114 cm³/mol. The molecule has 0 saturated carbocycles. The number of hydrogen-bond acceptors (Lipinski definition) is 4. The summed E-state index contributed by atoms with van der Waals surface area (Å²) in [5.41, 5.74) is 6.77. The van der Waals surface area contributed by atoms with E-state index >= 15 is 0 Å². The van der Waals surface area contributed by atoms with Crippen molar-refractivity contribution < 1.29 is 4.79 Å². The first-order valence-electron chi connectivity index (χ1n) is 8.80. The van der Waals surface area contributed by atoms with Crippen molar-refractivity contribution in [3.63, 3.8) is 0 Å². The second-order valence-corrected chi connectivity index (χ2v) is 6.94. The van der Waals surface area contributed by atoms with E-state index < -0.39 is 0 Å². The molecule has 4 rings (SSSR count). The zero-order valence-electron chi connectivity index (χ0n) is 16.2. The average Bonchev–Trinajstić information content (AvgIpc) is 3.27. The molecule has 2 heterocycles. The highest BCUT2D eigenvalue weighted by atomic mass is 35.5. The van der Waals surface area contributed by atoms with E-state index in [0.717, 1.165) is 28.4 Å². The molecule has 0 bridgehead atoms. The van der Waals surface area contributed by atoms with Gasteiger partial charge >= 0.3 is 0 Å². The Hall–Kier alpha value is -3.12. The van der Waals surface area contributed by atoms with Crippen molar-refractivity contribution in [1.82, 2.24) is 20.0 Å². The van der Waals surface area contributed by atoms with Gasteiger partial charge in [-0.15, -0.1) is 0 Å². The van der Waals surface area contributed by atoms with E-state index in [2.05, 4.69) is 52.7 Å². The number of nitrogens with zero attached hydrogens (tertiary/aromatic N) is 3. The van der Waals surface area contributed by atoms with Gasteiger partial charge in [0.25, 0.3) is 0 Å². The second-order valence-electron chi connectivity index (χ2n) is 6.53. The number of rotatable bonds is 3. The first-order chi connectivity index (χ1) is 13.4. The van der Waals surface area contributed by atoms with Gasteiger partial charge in [0.2, 0.25) is 0 Å². The normalized spacial score (nSPS) is 10.5. The van der Waals surface area contributed by atoms with E-state index in [1.54, 1.807) is 23.0 Å². The van der Waals surface area contributed by atoms with Gasteiger partial charge in [-0.05, 0) is 37.1 Å². The lowest BCUT2D eigenvalue weighted by atomic mass is 10.1. The largest absolute Gasteiger partial charge is 0.388 e. The number of aromatic amines is 1. The van der Waals surface area contributed by atoms with E-state index in [1.807, 2.05) is 20.3 Å². The van der Waals surface area contributed by atoms with Crippen LogP contribution in [0.3, 0.4) is 0 Å². The van der Waals surface area contributed by atoms with E-state index in [9.17, 15) is 4.79 Å². The second kappa shape index (κ2) is 8.27. The Morgan fingerprint density at radius 3 is 2.46 bits per heavy atom. The minimum absolute atomic E-state index is 0.416. The molecule has 144 valence electrons. The molecule has 6 nitrogen and oxygen atoms in total. The standard InChI is InChI=1S/C12H9ClN4O.C9H13N/c1-17-5-8(4-14-17)12-9-2-7(6-18)10(13)3-11(9)15-16-12;1-7-5-4-6-8(2)9(7)10-3/h2-6H,1H3,(H,15,16);4-6,10H,1-3H3. The van der Waals surface area contributed by atoms with Crippen molar-refractivity contribution in [2.75, 3.05) is 12.4 Å². The van der Waals surface area contributed by atoms with Crippen LogP contribution in [0.4, 0.5) is 5.69 Å². The Bertz CT molecular complexity index is 1110. The summed E-state index contributed by atoms with van der Waals surface area (Å²) in [6.45, 7) is 4.22. The fourth-order valence-corrected chi connectivity index (χ4v) is 3.33. The highest BCUT2D eigenvalue weighted by molar-refractivity contribution is 6.33. The first kappa shape index (κ1) is 19.6. The molecule has 4 aromatic rings. The van der Waals surface area contributed by atoms with Crippen LogP contribution in [0.5, 0.6) is 0 Å². The van der Waals surface area contributed by atoms with Gasteiger partial charge in [-0.1, -0.05) is 29.8 Å². The number of H-pyrrole nitrogens is 1. The lowest BCUT2D eigenvalue weighted by Crippen LogP contribution is -1.93. The third kappa shape index (κ3) is 3.92. The van der Waals surface area contributed by atoms with Crippen LogP contribution >= 0.6 is 11.6 Å². The predicted octanol–water partition coefficient (Wildman–Crippen LogP) is 4.77. The van der Waals surface area contributed by atoms with Crippen LogP contribution in [0.2, 0.25) is 5.02 Å². The molecule has 2 aromatic heterocycles. The van der Waals surface area contributed by atoms with Crippen LogP contribution in [0.25, 0.3) is 22.2 Å². The highest BCUT2D eigenvalue weighted by Crippen LogP contribution is 2.29. The minimum atomic E-state index is 0.416. The van der Waals surface area contributed by atoms with Gasteiger partial charge in [0.15, 0.2) is 6.29 Å². The number of para-hydroxylation sites is 1. The number of fused-ring (bicyclic) bond motifs is 1. The molecule has 0 aliphatic heterocycles. The number of aromatic nitrogens is 4. The number of aryl methyl sites for hydroxylation is 3. The monoisotopic (exact) mass is 395 g/mol. The number of carbonyl (C=O) groups excluding carboxylic acids is 1. The number of hydrogen-bond donors (Lipinski definition) is 2. The molecule has 0 atom stereocenters. The van der Waals surface area contributed by atoms with Crippen LogP contribution < -0.4 is 5.32 Å². The van der Waals surface area contributed by atoms with Gasteiger partial charge in [0.1, 0.15) is 5.69 Å². The summed E-state index contributed by atoms with van der Waals surface area (Å²) in [7, 11) is 3.79. The van der Waals surface area contributed by atoms with Gasteiger partial charge in [-0.2, -0.15) is 10.2 Å². The summed E-state index contributed by atoms with van der Waals surface area (Å²) >= 11 is 5.97. The van der Waals surface area contributed by atoms with Crippen LogP contribution in [0.1, 0.15) is 21.5 Å². The van der Waals surface area contributed by atoms with Crippen LogP contribution in [0, 0.1) is 13.8 Å². The van der Waals surface area contributed by atoms with Gasteiger partial charge in [0, 0.05) is 42.5 Å². The summed E-state index contributed by atoms with van der Waals surface area (Å²) in [6.07, 6.45) is 4.33. The SMILES string of the molecule is CNc1c(C)cccc1C.Cn1cc(-c2n[nH]c3cc(Cl)c(C=O)cc23)cn1. The average molecular weight is 396 g/mol. The number of anilines is 1. The Morgan fingerprint density at radius 1 is 1.21 bits per heavy atom. The van der Waals surface area contributed by atoms with Crippen molar-refractivity contribution in [1.29, 1.82) is 0 Å². The van der Waals surface area contributed by atoms with E-state index in [4.69, 9.17) is 11.6 Å². The van der Waals surface area contributed by atoms with Gasteiger partial charge in [-0.25, -0.2) is 0 Å². The van der Waals surface area contributed by atoms with E-state index in [0.29, 0.717) is 10.6 Å². The fraction of sp³-hybridized carbons (Fsp3) is 0.190. The Labute approximate surface area is 168 Å². The topological polar surface area (TPSA) is 75.6 Å². The number of carbonyl (C=O) groups is 1. The Morgan fingerprint density at radius 2 is 1.93 bits per heavy atom. The fourth-order valence-electron chi connectivity index (χ4n) is 3.12. The molecule has 0 spiro atoms. The number of aldehydes is 1. The molecule has 0 radical (unpaired) electrons. The maximum absolute atomic E-state index is 10.9. The maximum atomic E-state index is 10.9. The molecule has 0 amide bonds. The molecule has 0 aliphatic rings. The summed E-state index contributed by atoms with van der Waals surface area (Å²) in [5, 5.41) is 15.7. The summed E-state index contributed by atoms with van der Waals surface area (Å²) in [5.74, 6) is 0. The lowest BCUT2D eigenvalue weighted by Gasteiger charge is -2.07. The number of benzene rings is 2. The molecule has 0 unspecified atom stereocenters. The molecule has 0 saturated heterocycles. The van der Waals surface area contributed by atoms with Crippen LogP contribution in [-0.2, 0) is 7.05 Å². The molecular weight excluding hydrogens is 374 g/mol. The third-order valence-electron chi connectivity index (χ3n) is 4.52. The minimum Gasteiger partial charge on any atom is -0.388 e. The Balaban J connectivity index is 0.000000192. The van der Waals surface area contributed by atoms with Crippen molar-refractivity contribution in [3.8, 4) is 11.3 Å². The molecule has 0 fully saturated rings. The molecule has 2 N–H and O–H groups in total. The summed E-state index contributed by atoms with van der Waals surface area (Å²) in [4.78, 5) is 10.9. The zero-order chi connectivity index (χ0) is 20.3. The Kier molecular flexibility index (Phi) is 5.80. The quantitative estimate of drug-likeness (QED) is 0.490. The number of nitrogens with one attached hydrogen (secondary N) is 2. The van der Waals surface area contributed by atoms with Crippen molar-refractivity contribution in [2.45, 2.75) is 13.8 Å². The van der Waals surface area contributed by atoms with Crippen molar-refractivity contribution in [2.24, 2.45) is 7.05 Å². The van der Waals surface area contributed by atoms with Gasteiger partial charge < -0.3 is 5.32 Å². The maximum Gasteiger partial charge on any atom is 0.151 e. The van der Waals surface area contributed by atoms with E-state index in [1.165, 1.54) is 16.8 Å². The molecular formula is C21H22ClN5O. The zero-order valence-corrected chi connectivity index (χ0v) is 17.0. The van der Waals surface area contributed by atoms with Gasteiger partial charge in [-0.3, -0.25) is 14.6 Å². The molecule has 28 heavy (non-hydrogen) atoms. The third-order valence-corrected chi connectivity index (χ3v) is 4.84.